The number of H-pyrrole nitrogens is 1. The van der Waals surface area contributed by atoms with Crippen LogP contribution in [0.25, 0.3) is 21.9 Å². The Kier molecular flexibility index (Phi) is 16.3. The van der Waals surface area contributed by atoms with Gasteiger partial charge in [-0.3, -0.25) is 33.7 Å². The maximum Gasteiger partial charge on any atom is 0.274 e. The van der Waals surface area contributed by atoms with Gasteiger partial charge in [0.25, 0.3) is 17.4 Å². The molecule has 384 valence electrons. The van der Waals surface area contributed by atoms with E-state index in [9.17, 15) is 28.8 Å². The molecule has 0 spiro atoms. The number of benzene rings is 3. The average molecular weight is 996 g/mol. The molecule has 1 atom stereocenters. The van der Waals surface area contributed by atoms with Crippen LogP contribution in [0.15, 0.2) is 83.8 Å². The van der Waals surface area contributed by atoms with Gasteiger partial charge < -0.3 is 35.1 Å². The van der Waals surface area contributed by atoms with Crippen molar-refractivity contribution in [3.63, 3.8) is 0 Å². The zero-order chi connectivity index (χ0) is 51.0. The number of aromatic nitrogens is 3. The van der Waals surface area contributed by atoms with Gasteiger partial charge in [0, 0.05) is 122 Å². The minimum absolute atomic E-state index is 0.0168. The molecule has 0 aliphatic carbocycles. The van der Waals surface area contributed by atoms with Crippen molar-refractivity contribution in [3.8, 4) is 11.1 Å². The van der Waals surface area contributed by atoms with Crippen molar-refractivity contribution in [1.82, 2.24) is 49.9 Å². The molecule has 3 aromatic carbocycles. The zero-order valence-corrected chi connectivity index (χ0v) is 41.9. The number of likely N-dealkylation sites (tertiary alicyclic amines) is 2. The molecule has 73 heavy (non-hydrogen) atoms. The topological polar surface area (TPSA) is 187 Å². The smallest absolute Gasteiger partial charge is 0.274 e. The Labute approximate surface area is 425 Å². The molecule has 1 unspecified atom stereocenters. The second kappa shape index (κ2) is 23.3. The number of hydrogen-bond acceptors (Lipinski definition) is 11. The Bertz CT molecular complexity index is 2890. The fraction of sp³-hybridized carbons (Fsp3) is 0.455. The maximum atomic E-state index is 15.1. The number of nitrogens with one attached hydrogen (secondary N) is 3. The highest BCUT2D eigenvalue weighted by molar-refractivity contribution is 6.03. The van der Waals surface area contributed by atoms with Crippen LogP contribution in [0.3, 0.4) is 0 Å². The number of fused-ring (bicyclic) bond motifs is 1. The first-order valence-electron chi connectivity index (χ1n) is 25.8. The van der Waals surface area contributed by atoms with E-state index in [2.05, 4.69) is 54.7 Å². The lowest BCUT2D eigenvalue weighted by atomic mass is 9.95. The van der Waals surface area contributed by atoms with Gasteiger partial charge in [-0.15, -0.1) is 0 Å². The van der Waals surface area contributed by atoms with Gasteiger partial charge in [0.05, 0.1) is 35.4 Å². The van der Waals surface area contributed by atoms with Gasteiger partial charge in [0.2, 0.25) is 17.7 Å². The Morgan fingerprint density at radius 3 is 2.22 bits per heavy atom. The molecule has 5 amide bonds. The van der Waals surface area contributed by atoms with Crippen molar-refractivity contribution in [2.24, 2.45) is 11.8 Å². The fourth-order valence-electron chi connectivity index (χ4n) is 10.6. The molecule has 6 heterocycles. The van der Waals surface area contributed by atoms with Crippen LogP contribution in [0.4, 0.5) is 10.1 Å². The van der Waals surface area contributed by atoms with Gasteiger partial charge in [0.1, 0.15) is 5.82 Å². The number of piperidine rings is 2. The normalized spacial score (nSPS) is 18.3. The molecule has 18 heteroatoms. The first-order chi connectivity index (χ1) is 35.4. The lowest BCUT2D eigenvalue weighted by molar-refractivity contribution is -0.134. The number of aryl methyl sites for hydroxylation is 1. The van der Waals surface area contributed by atoms with Crippen LogP contribution in [0.5, 0.6) is 0 Å². The molecule has 3 N–H and O–H groups in total. The summed E-state index contributed by atoms with van der Waals surface area (Å²) in [5, 5.41) is 14.2. The van der Waals surface area contributed by atoms with Crippen molar-refractivity contribution in [1.29, 1.82) is 0 Å². The number of amides is 5. The Balaban J connectivity index is 0.718. The van der Waals surface area contributed by atoms with Crippen molar-refractivity contribution in [2.75, 3.05) is 111 Å². The largest absolute Gasteiger partial charge is 0.345 e. The van der Waals surface area contributed by atoms with Gasteiger partial charge in [-0.25, -0.2) is 14.5 Å². The minimum atomic E-state index is -0.613. The van der Waals surface area contributed by atoms with Crippen molar-refractivity contribution in [2.45, 2.75) is 45.4 Å². The molecule has 0 saturated carbocycles. The van der Waals surface area contributed by atoms with Crippen molar-refractivity contribution < 1.29 is 28.4 Å². The molecule has 5 aromatic rings. The number of aromatic amines is 1. The third-order valence-corrected chi connectivity index (χ3v) is 15.0. The highest BCUT2D eigenvalue weighted by Crippen LogP contribution is 2.28. The molecule has 4 saturated heterocycles. The van der Waals surface area contributed by atoms with E-state index in [4.69, 9.17) is 0 Å². The first kappa shape index (κ1) is 51.0. The molecule has 4 aliphatic heterocycles. The Morgan fingerprint density at radius 2 is 1.47 bits per heavy atom. The summed E-state index contributed by atoms with van der Waals surface area (Å²) < 4.78 is 15.1. The van der Waals surface area contributed by atoms with Crippen LogP contribution >= 0.6 is 0 Å². The number of hydrogen-bond donors (Lipinski definition) is 3. The van der Waals surface area contributed by atoms with E-state index >= 15 is 4.39 Å². The second-order valence-corrected chi connectivity index (χ2v) is 20.1. The van der Waals surface area contributed by atoms with Gasteiger partial charge in [0.15, 0.2) is 5.69 Å². The van der Waals surface area contributed by atoms with Crippen molar-refractivity contribution in [3.05, 3.63) is 123 Å². The monoisotopic (exact) mass is 996 g/mol. The molecule has 0 radical (unpaired) electrons. The highest BCUT2D eigenvalue weighted by atomic mass is 19.1. The van der Waals surface area contributed by atoms with Crippen molar-refractivity contribution >= 4 is 46.0 Å². The SMILES string of the molecule is CCc1cccc(-c2cnc(C(=O)N3CCC(CN4CCN(CC(=O)N5CCN(C(=O)c6cc(Cc7n[nH]c(=O)c8ccccc78)ccc6F)CC5)CC4)CC3)c(NC(=O)CNCC3CCC(=O)N(C)C3)c2)c1. The molecule has 9 rings (SSSR count). The molecule has 2 aromatic heterocycles. The third kappa shape index (κ3) is 12.5. The van der Waals surface area contributed by atoms with Crippen LogP contribution in [0, 0.1) is 17.7 Å². The Morgan fingerprint density at radius 1 is 0.740 bits per heavy atom. The number of anilines is 1. The summed E-state index contributed by atoms with van der Waals surface area (Å²) in [5.41, 5.74) is 4.55. The quantitative estimate of drug-likeness (QED) is 0.137. The van der Waals surface area contributed by atoms with Gasteiger partial charge in [-0.1, -0.05) is 55.5 Å². The van der Waals surface area contributed by atoms with Crippen LogP contribution in [0.1, 0.15) is 70.3 Å². The zero-order valence-electron chi connectivity index (χ0n) is 41.9. The lowest BCUT2D eigenvalue weighted by Gasteiger charge is -2.40. The summed E-state index contributed by atoms with van der Waals surface area (Å²) in [7, 11) is 1.81. The van der Waals surface area contributed by atoms with Gasteiger partial charge in [-0.05, 0) is 78.5 Å². The van der Waals surface area contributed by atoms with Crippen LogP contribution in [-0.4, -0.2) is 179 Å². The molecule has 4 fully saturated rings. The highest BCUT2D eigenvalue weighted by Gasteiger charge is 2.32. The van der Waals surface area contributed by atoms with E-state index in [1.165, 1.54) is 11.6 Å². The second-order valence-electron chi connectivity index (χ2n) is 20.1. The number of rotatable bonds is 15. The lowest BCUT2D eigenvalue weighted by Crippen LogP contribution is -2.55. The summed E-state index contributed by atoms with van der Waals surface area (Å²) in [6.07, 6.45) is 5.88. The van der Waals surface area contributed by atoms with E-state index in [0.717, 1.165) is 69.5 Å². The van der Waals surface area contributed by atoms with Gasteiger partial charge in [-0.2, -0.15) is 5.10 Å². The van der Waals surface area contributed by atoms with Crippen LogP contribution in [0.2, 0.25) is 0 Å². The number of carbonyl (C=O) groups is 5. The summed E-state index contributed by atoms with van der Waals surface area (Å²) in [5.74, 6) is -0.667. The minimum Gasteiger partial charge on any atom is -0.345 e. The molecule has 4 aliphatic rings. The molecular weight excluding hydrogens is 930 g/mol. The van der Waals surface area contributed by atoms with Crippen LogP contribution in [-0.2, 0) is 27.2 Å². The van der Waals surface area contributed by atoms with E-state index in [-0.39, 0.29) is 52.9 Å². The van der Waals surface area contributed by atoms with E-state index < -0.39 is 11.7 Å². The maximum absolute atomic E-state index is 15.1. The summed E-state index contributed by atoms with van der Waals surface area (Å²) in [6.45, 7) is 10.3. The number of pyridine rings is 1. The average Bonchev–Trinajstić information content (AvgIpc) is 3.41. The number of piperazine rings is 2. The predicted octanol–water partition coefficient (Wildman–Crippen LogP) is 4.13. The molecular formula is C55H66FN11O6. The first-order valence-corrected chi connectivity index (χ1v) is 25.8. The van der Waals surface area contributed by atoms with Gasteiger partial charge >= 0.3 is 0 Å². The standard InChI is InChI=1S/C55H66FN11O6/c1-3-37-7-6-8-41(27-37)42-30-48(59-49(68)33-57-31-40-12-14-50(69)62(2)34-40)52(58-32-42)55(73)66-17-15-38(16-18-66)35-63-19-21-64(22-20-63)36-51(70)65-23-25-67(26-24-65)54(72)45-28-39(11-13-46(45)56)29-47-43-9-4-5-10-44(43)53(71)61-60-47/h4-11,13,27-28,30,32,38,40,57H,3,12,14-26,29,31,33-36H2,1-2H3,(H,59,68)(H,61,71). The van der Waals surface area contributed by atoms with E-state index in [1.54, 1.807) is 45.2 Å². The summed E-state index contributed by atoms with van der Waals surface area (Å²) in [6, 6.07) is 21.6. The molecule has 17 nitrogen and oxygen atoms in total. The molecule has 0 bridgehead atoms. The summed E-state index contributed by atoms with van der Waals surface area (Å²) >= 11 is 0. The Hall–Kier alpha value is -6.89. The number of carbonyl (C=O) groups excluding carboxylic acids is 5. The third-order valence-electron chi connectivity index (χ3n) is 15.0. The van der Waals surface area contributed by atoms with Crippen LogP contribution < -0.4 is 16.2 Å². The van der Waals surface area contributed by atoms with E-state index in [1.807, 2.05) is 42.3 Å². The number of halogens is 1. The fourth-order valence-corrected chi connectivity index (χ4v) is 10.6. The van der Waals surface area contributed by atoms with E-state index in [0.29, 0.717) is 105 Å². The number of nitrogens with zero attached hydrogens (tertiary/aromatic N) is 8. The predicted molar refractivity (Wildman–Crippen MR) is 276 cm³/mol. The summed E-state index contributed by atoms with van der Waals surface area (Å²) in [4.78, 5) is 95.1.